The van der Waals surface area contributed by atoms with Gasteiger partial charge in [0, 0.05) is 39.3 Å². The van der Waals surface area contributed by atoms with Crippen molar-refractivity contribution in [2.24, 2.45) is 4.99 Å². The summed E-state index contributed by atoms with van der Waals surface area (Å²) in [5.74, 6) is -0.169. The Morgan fingerprint density at radius 2 is 0.982 bits per heavy atom. The molecule has 0 saturated carbocycles. The number of carbonyl (C=O) groups is 4. The van der Waals surface area contributed by atoms with Crippen LogP contribution in [0.4, 0.5) is 19.2 Å². The third-order valence-corrected chi connectivity index (χ3v) is 8.21. The van der Waals surface area contributed by atoms with Crippen molar-refractivity contribution in [2.75, 3.05) is 39.3 Å². The molecular formula is C38H66N6O10S. The molecule has 0 aliphatic heterocycles. The number of alkyl carbamates (subject to hydrolysis) is 2. The highest BCUT2D eigenvalue weighted by atomic mass is 32.2. The van der Waals surface area contributed by atoms with Gasteiger partial charge >= 0.3 is 24.4 Å². The fraction of sp³-hybridized carbons (Fsp3) is 0.711. The fourth-order valence-electron chi connectivity index (χ4n) is 4.49. The molecule has 1 aromatic rings. The molecular weight excluding hydrogens is 733 g/mol. The molecule has 1 aromatic carbocycles. The van der Waals surface area contributed by atoms with Gasteiger partial charge in [0.15, 0.2) is 0 Å². The van der Waals surface area contributed by atoms with Crippen LogP contribution in [0.3, 0.4) is 0 Å². The lowest BCUT2D eigenvalue weighted by molar-refractivity contribution is 0.0209. The van der Waals surface area contributed by atoms with Crippen LogP contribution in [0.15, 0.2) is 34.2 Å². The van der Waals surface area contributed by atoms with Crippen LogP contribution in [0, 0.1) is 6.92 Å². The van der Waals surface area contributed by atoms with Crippen molar-refractivity contribution in [1.82, 2.24) is 25.2 Å². The molecule has 3 N–H and O–H groups in total. The molecule has 16 nitrogen and oxygen atoms in total. The first-order valence-corrected chi connectivity index (χ1v) is 20.1. The van der Waals surface area contributed by atoms with Gasteiger partial charge in [-0.2, -0.15) is 0 Å². The predicted molar refractivity (Wildman–Crippen MR) is 211 cm³/mol. The Balaban J connectivity index is 2.95. The van der Waals surface area contributed by atoms with Crippen molar-refractivity contribution in [3.63, 3.8) is 0 Å². The lowest BCUT2D eigenvalue weighted by atomic mass is 10.2. The molecule has 0 saturated heterocycles. The fourth-order valence-corrected chi connectivity index (χ4v) is 5.56. The maximum absolute atomic E-state index is 13.2. The Morgan fingerprint density at radius 1 is 0.600 bits per heavy atom. The van der Waals surface area contributed by atoms with E-state index in [1.54, 1.807) is 112 Å². The van der Waals surface area contributed by atoms with Crippen molar-refractivity contribution in [3.05, 3.63) is 29.8 Å². The normalized spacial score (nSPS) is 12.2. The van der Waals surface area contributed by atoms with Crippen LogP contribution in [0.25, 0.3) is 0 Å². The number of unbranched alkanes of at least 4 members (excludes halogenated alkanes) is 1. The second-order valence-electron chi connectivity index (χ2n) is 17.0. The number of hydrogen-bond acceptors (Lipinski definition) is 11. The lowest BCUT2D eigenvalue weighted by Crippen LogP contribution is -2.47. The molecule has 314 valence electrons. The highest BCUT2D eigenvalue weighted by Crippen LogP contribution is 2.15. The van der Waals surface area contributed by atoms with E-state index in [1.807, 2.05) is 6.92 Å². The summed E-state index contributed by atoms with van der Waals surface area (Å²) in [6.07, 6.45) is -0.974. The summed E-state index contributed by atoms with van der Waals surface area (Å²) < 4.78 is 49.9. The molecule has 4 amide bonds. The quantitative estimate of drug-likeness (QED) is 0.0743. The van der Waals surface area contributed by atoms with Gasteiger partial charge < -0.3 is 28.7 Å². The summed E-state index contributed by atoms with van der Waals surface area (Å²) in [6, 6.07) is 6.55. The zero-order chi connectivity index (χ0) is 42.3. The Bertz CT molecular complexity index is 1510. The van der Waals surface area contributed by atoms with Gasteiger partial charge in [0.2, 0.25) is 16.0 Å². The number of sulfonamides is 1. The summed E-state index contributed by atoms with van der Waals surface area (Å²) in [4.78, 5) is 58.7. The van der Waals surface area contributed by atoms with Gasteiger partial charge in [-0.1, -0.05) is 17.7 Å². The maximum atomic E-state index is 13.2. The highest BCUT2D eigenvalue weighted by Gasteiger charge is 2.25. The summed E-state index contributed by atoms with van der Waals surface area (Å²) in [5, 5.41) is 4.88. The first-order chi connectivity index (χ1) is 25.1. The first-order valence-electron chi connectivity index (χ1n) is 18.6. The Kier molecular flexibility index (Phi) is 18.9. The molecule has 0 bridgehead atoms. The van der Waals surface area contributed by atoms with Gasteiger partial charge in [-0.25, -0.2) is 32.3 Å². The topological polar surface area (TPSA) is 194 Å². The van der Waals surface area contributed by atoms with E-state index in [2.05, 4.69) is 20.3 Å². The molecule has 55 heavy (non-hydrogen) atoms. The Hall–Kier alpha value is -4.12. The number of nitrogens with zero attached hydrogens (tertiary/aromatic N) is 3. The third-order valence-electron chi connectivity index (χ3n) is 6.73. The summed E-state index contributed by atoms with van der Waals surface area (Å²) in [5.41, 5.74) is -2.11. The van der Waals surface area contributed by atoms with Gasteiger partial charge in [0.05, 0.1) is 4.90 Å². The number of aryl methyl sites for hydroxylation is 1. The van der Waals surface area contributed by atoms with Crippen LogP contribution in [0.5, 0.6) is 0 Å². The standard InChI is InChI=1S/C38H66N6O10S/c1-28-18-20-29(21-19-28)55(49,50)40-23-17-27-44(34(48)54-38(11,12)13)25-15-14-24-43(33(47)53-37(8,9)10)26-16-22-39-30(41-31(45)51-35(2,3)4)42-32(46)52-36(5,6)7/h18-21,40H,14-17,22-27H2,1-13H3,(H2,39,41,42,45,46). The Labute approximate surface area is 328 Å². The van der Waals surface area contributed by atoms with Crippen molar-refractivity contribution >= 4 is 40.4 Å². The van der Waals surface area contributed by atoms with E-state index in [1.165, 1.54) is 4.90 Å². The molecule has 1 rings (SSSR count). The zero-order valence-corrected chi connectivity index (χ0v) is 36.0. The first kappa shape index (κ1) is 48.9. The zero-order valence-electron chi connectivity index (χ0n) is 35.2. The van der Waals surface area contributed by atoms with Crippen molar-refractivity contribution < 1.29 is 46.5 Å². The Morgan fingerprint density at radius 3 is 1.38 bits per heavy atom. The summed E-state index contributed by atoms with van der Waals surface area (Å²) >= 11 is 0. The van der Waals surface area contributed by atoms with Gasteiger partial charge in [-0.15, -0.1) is 0 Å². The monoisotopic (exact) mass is 798 g/mol. The number of rotatable bonds is 15. The largest absolute Gasteiger partial charge is 0.444 e. The van der Waals surface area contributed by atoms with Crippen molar-refractivity contribution in [1.29, 1.82) is 0 Å². The number of nitrogens with one attached hydrogen (secondary N) is 3. The van der Waals surface area contributed by atoms with E-state index >= 15 is 0 Å². The van der Waals surface area contributed by atoms with E-state index in [0.29, 0.717) is 38.8 Å². The number of benzene rings is 1. The van der Waals surface area contributed by atoms with E-state index < -0.39 is 56.8 Å². The van der Waals surface area contributed by atoms with E-state index in [9.17, 15) is 27.6 Å². The molecule has 0 fully saturated rings. The van der Waals surface area contributed by atoms with Crippen LogP contribution in [0.2, 0.25) is 0 Å². The van der Waals surface area contributed by atoms with Crippen molar-refractivity contribution in [3.8, 4) is 0 Å². The number of guanidine groups is 1. The molecule has 0 heterocycles. The molecule has 0 radical (unpaired) electrons. The average molecular weight is 799 g/mol. The van der Waals surface area contributed by atoms with E-state index in [0.717, 1.165) is 5.56 Å². The van der Waals surface area contributed by atoms with Crippen LogP contribution in [0.1, 0.15) is 114 Å². The van der Waals surface area contributed by atoms with Gasteiger partial charge in [-0.3, -0.25) is 15.6 Å². The van der Waals surface area contributed by atoms with Gasteiger partial charge in [0.1, 0.15) is 22.4 Å². The van der Waals surface area contributed by atoms with Crippen LogP contribution < -0.4 is 15.4 Å². The number of aliphatic imine (C=N–C) groups is 1. The minimum absolute atomic E-state index is 0.111. The highest BCUT2D eigenvalue weighted by molar-refractivity contribution is 7.89. The number of amides is 4. The molecule has 0 unspecified atom stereocenters. The van der Waals surface area contributed by atoms with Crippen LogP contribution in [-0.2, 0) is 29.0 Å². The van der Waals surface area contributed by atoms with Crippen molar-refractivity contribution in [2.45, 2.75) is 143 Å². The predicted octanol–water partition coefficient (Wildman–Crippen LogP) is 6.71. The second-order valence-corrected chi connectivity index (χ2v) is 18.8. The van der Waals surface area contributed by atoms with E-state index in [-0.39, 0.29) is 37.0 Å². The summed E-state index contributed by atoms with van der Waals surface area (Å²) in [6.45, 7) is 24.0. The number of carbonyl (C=O) groups excluding carboxylic acids is 4. The van der Waals surface area contributed by atoms with Gasteiger partial charge in [0.25, 0.3) is 0 Å². The molecule has 0 spiro atoms. The smallest absolute Gasteiger partial charge is 0.414 e. The lowest BCUT2D eigenvalue weighted by Gasteiger charge is -2.29. The number of hydrogen-bond donors (Lipinski definition) is 3. The minimum atomic E-state index is -3.70. The molecule has 0 aromatic heterocycles. The van der Waals surface area contributed by atoms with Crippen LogP contribution in [-0.4, -0.2) is 110 Å². The molecule has 0 aliphatic carbocycles. The average Bonchev–Trinajstić information content (AvgIpc) is 2.97. The minimum Gasteiger partial charge on any atom is -0.444 e. The van der Waals surface area contributed by atoms with Gasteiger partial charge in [-0.05, 0) is 128 Å². The molecule has 0 aliphatic rings. The second kappa shape index (κ2) is 21.3. The van der Waals surface area contributed by atoms with Crippen LogP contribution >= 0.6 is 0 Å². The molecule has 17 heteroatoms. The molecule has 0 atom stereocenters. The SMILES string of the molecule is Cc1ccc(S(=O)(=O)NCCCN(CCCCN(CCCN=C(NC(=O)OC(C)(C)C)NC(=O)OC(C)(C)C)C(=O)OC(C)(C)C)C(=O)OC(C)(C)C)cc1. The van der Waals surface area contributed by atoms with E-state index in [4.69, 9.17) is 18.9 Å². The number of ether oxygens (including phenoxy) is 4. The maximum Gasteiger partial charge on any atom is 0.414 e. The third kappa shape index (κ3) is 23.4. The summed E-state index contributed by atoms with van der Waals surface area (Å²) in [7, 11) is -3.70.